The first-order valence-corrected chi connectivity index (χ1v) is 13.7. The van der Waals surface area contributed by atoms with Gasteiger partial charge in [0.05, 0.1) is 8.07 Å². The van der Waals surface area contributed by atoms with Crippen LogP contribution in [0.25, 0.3) is 23.3 Å². The number of rotatable bonds is 3. The van der Waals surface area contributed by atoms with E-state index in [-0.39, 0.29) is 0 Å². The SMILES string of the molecule is C[Si](C)(C)c1ccc(-c2cccc3c2=CC(=CC2CCCCC2)C=3)cc1. The number of allylic oxidation sites excluding steroid dienone is 2. The Kier molecular flexibility index (Phi) is 4.75. The maximum Gasteiger partial charge on any atom is 0.0775 e. The van der Waals surface area contributed by atoms with Crippen LogP contribution in [0.4, 0.5) is 0 Å². The van der Waals surface area contributed by atoms with Crippen LogP contribution in [0.2, 0.25) is 19.6 Å². The molecule has 1 fully saturated rings. The smallest absolute Gasteiger partial charge is 0.0741 e. The third-order valence-electron chi connectivity index (χ3n) is 5.91. The molecule has 0 aromatic heterocycles. The molecule has 26 heavy (non-hydrogen) atoms. The largest absolute Gasteiger partial charge is 0.0775 e. The Balaban J connectivity index is 1.70. The highest BCUT2D eigenvalue weighted by Crippen LogP contribution is 2.26. The molecule has 2 aromatic rings. The van der Waals surface area contributed by atoms with Crippen LogP contribution in [0.1, 0.15) is 32.1 Å². The summed E-state index contributed by atoms with van der Waals surface area (Å²) < 4.78 is 0. The van der Waals surface area contributed by atoms with Crippen molar-refractivity contribution in [3.8, 4) is 11.1 Å². The fourth-order valence-corrected chi connectivity index (χ4v) is 5.50. The highest BCUT2D eigenvalue weighted by atomic mass is 28.3. The Hall–Kier alpha value is -1.86. The first-order valence-electron chi connectivity index (χ1n) is 10.2. The summed E-state index contributed by atoms with van der Waals surface area (Å²) in [7, 11) is -1.24. The topological polar surface area (TPSA) is 0 Å². The summed E-state index contributed by atoms with van der Waals surface area (Å²) in [6, 6.07) is 16.1. The third kappa shape index (κ3) is 3.64. The average Bonchev–Trinajstić information content (AvgIpc) is 3.04. The number of hydrogen-bond acceptors (Lipinski definition) is 0. The molecule has 0 spiro atoms. The van der Waals surface area contributed by atoms with Gasteiger partial charge in [-0.25, -0.2) is 0 Å². The van der Waals surface area contributed by atoms with Crippen LogP contribution in [0.15, 0.2) is 54.1 Å². The van der Waals surface area contributed by atoms with E-state index in [2.05, 4.69) is 80.3 Å². The van der Waals surface area contributed by atoms with Crippen LogP contribution in [-0.4, -0.2) is 8.07 Å². The molecule has 1 saturated carbocycles. The highest BCUT2D eigenvalue weighted by Gasteiger charge is 2.16. The van der Waals surface area contributed by atoms with E-state index in [0.29, 0.717) is 0 Å². The van der Waals surface area contributed by atoms with Gasteiger partial charge in [-0.1, -0.05) is 92.6 Å². The lowest BCUT2D eigenvalue weighted by molar-refractivity contribution is 0.419. The number of benzene rings is 2. The zero-order chi connectivity index (χ0) is 18.1. The normalized spacial score (nSPS) is 19.1. The molecule has 0 N–H and O–H groups in total. The maximum absolute atomic E-state index is 2.53. The average molecular weight is 359 g/mol. The lowest BCUT2D eigenvalue weighted by Gasteiger charge is -2.18. The fraction of sp³-hybridized carbons (Fsp3) is 0.360. The second kappa shape index (κ2) is 7.04. The lowest BCUT2D eigenvalue weighted by atomic mass is 9.88. The number of hydrogen-bond donors (Lipinski definition) is 0. The molecule has 2 aliphatic rings. The van der Waals surface area contributed by atoms with Gasteiger partial charge in [0.25, 0.3) is 0 Å². The Bertz CT molecular complexity index is 933. The summed E-state index contributed by atoms with van der Waals surface area (Å²) in [5, 5.41) is 4.30. The second-order valence-corrected chi connectivity index (χ2v) is 14.1. The molecule has 0 bridgehead atoms. The van der Waals surface area contributed by atoms with Crippen LogP contribution in [0.5, 0.6) is 0 Å². The maximum atomic E-state index is 2.53. The second-order valence-electron chi connectivity index (χ2n) is 8.99. The molecule has 0 saturated heterocycles. The van der Waals surface area contributed by atoms with Crippen LogP contribution in [-0.2, 0) is 0 Å². The zero-order valence-corrected chi connectivity index (χ0v) is 17.4. The molecule has 2 aliphatic carbocycles. The minimum atomic E-state index is -1.24. The molecule has 134 valence electrons. The van der Waals surface area contributed by atoms with Crippen LogP contribution >= 0.6 is 0 Å². The van der Waals surface area contributed by atoms with Crippen molar-refractivity contribution < 1.29 is 0 Å². The van der Waals surface area contributed by atoms with E-state index in [1.807, 2.05) is 0 Å². The van der Waals surface area contributed by atoms with E-state index in [1.54, 1.807) is 0 Å². The predicted molar refractivity (Wildman–Crippen MR) is 118 cm³/mol. The molecule has 0 amide bonds. The highest BCUT2D eigenvalue weighted by molar-refractivity contribution is 6.88. The lowest BCUT2D eigenvalue weighted by Crippen LogP contribution is -2.37. The monoisotopic (exact) mass is 358 g/mol. The first-order chi connectivity index (χ1) is 12.5. The van der Waals surface area contributed by atoms with Gasteiger partial charge in [-0.3, -0.25) is 0 Å². The van der Waals surface area contributed by atoms with E-state index in [9.17, 15) is 0 Å². The Morgan fingerprint density at radius 3 is 2.27 bits per heavy atom. The van der Waals surface area contributed by atoms with Gasteiger partial charge in [-0.05, 0) is 58.0 Å². The summed E-state index contributed by atoms with van der Waals surface area (Å²) in [6.45, 7) is 7.23. The van der Waals surface area contributed by atoms with Gasteiger partial charge in [-0.15, -0.1) is 0 Å². The van der Waals surface area contributed by atoms with E-state index < -0.39 is 8.07 Å². The summed E-state index contributed by atoms with van der Waals surface area (Å²) in [5.74, 6) is 0.778. The van der Waals surface area contributed by atoms with Crippen molar-refractivity contribution in [2.75, 3.05) is 0 Å². The molecule has 0 radical (unpaired) electrons. The summed E-state index contributed by atoms with van der Waals surface area (Å²) in [6.07, 6.45) is 14.3. The van der Waals surface area contributed by atoms with Crippen molar-refractivity contribution in [3.63, 3.8) is 0 Å². The summed E-state index contributed by atoms with van der Waals surface area (Å²) in [5.41, 5.74) is 4.12. The molecule has 0 aliphatic heterocycles. The Labute approximate surface area is 159 Å². The van der Waals surface area contributed by atoms with Crippen molar-refractivity contribution in [2.45, 2.75) is 51.7 Å². The van der Waals surface area contributed by atoms with Crippen molar-refractivity contribution in [1.82, 2.24) is 0 Å². The third-order valence-corrected chi connectivity index (χ3v) is 7.98. The van der Waals surface area contributed by atoms with Gasteiger partial charge in [0.15, 0.2) is 0 Å². The molecule has 0 heterocycles. The van der Waals surface area contributed by atoms with Crippen molar-refractivity contribution in [2.24, 2.45) is 5.92 Å². The van der Waals surface area contributed by atoms with E-state index in [0.717, 1.165) is 5.92 Å². The van der Waals surface area contributed by atoms with Crippen molar-refractivity contribution >= 4 is 25.4 Å². The first kappa shape index (κ1) is 17.5. The molecule has 0 atom stereocenters. The van der Waals surface area contributed by atoms with Crippen molar-refractivity contribution in [3.05, 3.63) is 64.6 Å². The van der Waals surface area contributed by atoms with E-state index in [1.165, 1.54) is 64.4 Å². The van der Waals surface area contributed by atoms with Crippen LogP contribution in [0.3, 0.4) is 0 Å². The molecule has 4 rings (SSSR count). The van der Waals surface area contributed by atoms with Gasteiger partial charge in [0.1, 0.15) is 0 Å². The van der Waals surface area contributed by atoms with Crippen LogP contribution in [0, 0.1) is 5.92 Å². The van der Waals surface area contributed by atoms with Gasteiger partial charge in [0, 0.05) is 0 Å². The molecule has 0 nitrogen and oxygen atoms in total. The standard InChI is InChI=1S/C25H30Si/c1-26(2,3)23-14-12-21(13-15-23)24-11-7-10-22-17-20(18-25(22)24)16-19-8-5-4-6-9-19/h7,10-19H,4-6,8-9H2,1-3H3. The van der Waals surface area contributed by atoms with Gasteiger partial charge < -0.3 is 0 Å². The zero-order valence-electron chi connectivity index (χ0n) is 16.4. The molecule has 0 unspecified atom stereocenters. The van der Waals surface area contributed by atoms with Crippen LogP contribution < -0.4 is 15.6 Å². The Morgan fingerprint density at radius 2 is 1.58 bits per heavy atom. The fourth-order valence-electron chi connectivity index (χ4n) is 4.33. The quantitative estimate of drug-likeness (QED) is 0.679. The van der Waals surface area contributed by atoms with Crippen molar-refractivity contribution in [1.29, 1.82) is 0 Å². The molecule has 1 heteroatoms. The van der Waals surface area contributed by atoms with Gasteiger partial charge in [0.2, 0.25) is 0 Å². The van der Waals surface area contributed by atoms with Gasteiger partial charge >= 0.3 is 0 Å². The van der Waals surface area contributed by atoms with E-state index in [4.69, 9.17) is 0 Å². The predicted octanol–water partition coefficient (Wildman–Crippen LogP) is 4.98. The Morgan fingerprint density at radius 1 is 0.846 bits per heavy atom. The molecular formula is C25H30Si. The minimum Gasteiger partial charge on any atom is -0.0741 e. The van der Waals surface area contributed by atoms with Gasteiger partial charge in [-0.2, -0.15) is 0 Å². The molecular weight excluding hydrogens is 328 g/mol. The van der Waals surface area contributed by atoms with E-state index >= 15 is 0 Å². The summed E-state index contributed by atoms with van der Waals surface area (Å²) in [4.78, 5) is 0. The minimum absolute atomic E-state index is 0.778. The summed E-state index contributed by atoms with van der Waals surface area (Å²) >= 11 is 0. The molecule has 2 aromatic carbocycles. The number of fused-ring (bicyclic) bond motifs is 1.